The summed E-state index contributed by atoms with van der Waals surface area (Å²) < 4.78 is 66.8. The molecule has 0 aliphatic carbocycles. The molecule has 0 aliphatic heterocycles. The fourth-order valence-electron chi connectivity index (χ4n) is 7.03. The number of hydrogen-bond acceptors (Lipinski definition) is 3. The SMILES string of the molecule is [2H]C([2H])(c1cc(-[n+]2[c-]n(-c3[c-]c(Oc4[c-]c5c(cc4)c4ccccc4n5-c4cc(C([2H])([2H])C(C)(C)C)ccn4)ccn3)c3ccccc32)cc(C([2H])([2H])C(C)(C)C)c1)C(C)(C)C.[Pt]. The van der Waals surface area contributed by atoms with E-state index in [-0.39, 0.29) is 21.1 Å². The summed E-state index contributed by atoms with van der Waals surface area (Å²) in [4.78, 5) is 9.39. The zero-order valence-electron chi connectivity index (χ0n) is 39.9. The van der Waals surface area contributed by atoms with E-state index in [1.54, 1.807) is 47.3 Å². The molecule has 0 unspecified atom stereocenters. The van der Waals surface area contributed by atoms with Gasteiger partial charge in [0.15, 0.2) is 0 Å². The van der Waals surface area contributed by atoms with Gasteiger partial charge in [-0.3, -0.25) is 14.1 Å². The molecule has 4 heterocycles. The first-order valence-electron chi connectivity index (χ1n) is 22.0. The summed E-state index contributed by atoms with van der Waals surface area (Å²) in [5.74, 6) is 1.77. The van der Waals surface area contributed by atoms with Crippen molar-refractivity contribution >= 4 is 32.8 Å². The van der Waals surface area contributed by atoms with Crippen molar-refractivity contribution in [1.29, 1.82) is 0 Å². The summed E-state index contributed by atoms with van der Waals surface area (Å²) in [6.07, 6.45) is 1.52. The van der Waals surface area contributed by atoms with Gasteiger partial charge in [0.2, 0.25) is 0 Å². The molecule has 0 bridgehead atoms. The summed E-state index contributed by atoms with van der Waals surface area (Å²) in [6.45, 7) is 16.8. The number of nitrogens with zero attached hydrogens (tertiary/aromatic N) is 5. The Bertz CT molecular complexity index is 2960. The monoisotopic (exact) mass is 938 g/mol. The molecule has 8 aromatic rings. The summed E-state index contributed by atoms with van der Waals surface area (Å²) in [6, 6.07) is 36.9. The van der Waals surface area contributed by atoms with Crippen molar-refractivity contribution in [2.24, 2.45) is 16.2 Å². The van der Waals surface area contributed by atoms with Crippen LogP contribution >= 0.6 is 0 Å². The van der Waals surface area contributed by atoms with Crippen LogP contribution in [0, 0.1) is 34.7 Å². The van der Waals surface area contributed by atoms with Gasteiger partial charge in [0.1, 0.15) is 5.82 Å². The normalized spacial score (nSPS) is 14.7. The Labute approximate surface area is 360 Å². The summed E-state index contributed by atoms with van der Waals surface area (Å²) >= 11 is 0. The third-order valence-electron chi connectivity index (χ3n) is 8.92. The zero-order valence-corrected chi connectivity index (χ0v) is 36.1. The van der Waals surface area contributed by atoms with Crippen molar-refractivity contribution in [2.45, 2.75) is 81.4 Å². The molecule has 0 fully saturated rings. The van der Waals surface area contributed by atoms with Gasteiger partial charge in [0, 0.05) is 46.8 Å². The minimum absolute atomic E-state index is 0. The Kier molecular flexibility index (Phi) is 8.88. The van der Waals surface area contributed by atoms with E-state index < -0.39 is 35.4 Å². The standard InChI is InChI=1S/C50H51N5O.Pt/c1-48(2,3)30-34-20-22-52-47(27-34)55-42-15-11-10-14-40(42)41-19-18-38(28-45(41)55)56-39-21-23-51-46(29-39)54-33-53(43-16-12-13-17-44(43)54)37-25-35(31-49(4,5)6)24-36(26-37)32-50(7,8)9;/h10-27H,30-32H2,1-9H3;/q-2;/i30D2,31D2,32D2;. The number of hydrogen-bond donors (Lipinski definition) is 0. The van der Waals surface area contributed by atoms with Gasteiger partial charge in [-0.1, -0.05) is 134 Å². The molecular weight excluding hydrogens is 882 g/mol. The van der Waals surface area contributed by atoms with E-state index in [9.17, 15) is 5.48 Å². The largest absolute Gasteiger partial charge is 0.522 e. The van der Waals surface area contributed by atoms with Gasteiger partial charge in [-0.25, -0.2) is 4.98 Å². The van der Waals surface area contributed by atoms with Crippen molar-refractivity contribution in [2.75, 3.05) is 0 Å². The molecule has 6 nitrogen and oxygen atoms in total. The van der Waals surface area contributed by atoms with Crippen molar-refractivity contribution in [1.82, 2.24) is 19.1 Å². The molecule has 7 heteroatoms. The average Bonchev–Trinajstić information content (AvgIpc) is 3.76. The van der Waals surface area contributed by atoms with E-state index in [0.29, 0.717) is 45.5 Å². The number of para-hydroxylation sites is 3. The first kappa shape index (κ1) is 33.0. The fraction of sp³-hybridized carbons (Fsp3) is 0.300. The Morgan fingerprint density at radius 1 is 0.632 bits per heavy atom. The van der Waals surface area contributed by atoms with E-state index in [1.807, 2.05) is 138 Å². The van der Waals surface area contributed by atoms with E-state index in [4.69, 9.17) is 12.5 Å². The molecule has 57 heavy (non-hydrogen) atoms. The maximum atomic E-state index is 9.20. The molecule has 8 rings (SSSR count). The van der Waals surface area contributed by atoms with Crippen LogP contribution in [0.4, 0.5) is 0 Å². The van der Waals surface area contributed by atoms with Gasteiger partial charge in [0.05, 0.1) is 22.5 Å². The minimum Gasteiger partial charge on any atom is -0.522 e. The van der Waals surface area contributed by atoms with Gasteiger partial charge in [-0.15, -0.1) is 17.5 Å². The topological polar surface area (TPSA) is 48.8 Å². The Morgan fingerprint density at radius 3 is 1.95 bits per heavy atom. The van der Waals surface area contributed by atoms with Crippen LogP contribution in [0.3, 0.4) is 0 Å². The number of ether oxygens (including phenoxy) is 1. The molecule has 0 saturated carbocycles. The predicted molar refractivity (Wildman–Crippen MR) is 227 cm³/mol. The second kappa shape index (κ2) is 15.4. The van der Waals surface area contributed by atoms with Crippen molar-refractivity contribution in [3.8, 4) is 28.8 Å². The van der Waals surface area contributed by atoms with Crippen LogP contribution in [0.25, 0.3) is 50.2 Å². The summed E-state index contributed by atoms with van der Waals surface area (Å²) in [5.41, 5.74) is 2.79. The quantitative estimate of drug-likeness (QED) is 0.113. The second-order valence-electron chi connectivity index (χ2n) is 17.4. The van der Waals surface area contributed by atoms with Crippen LogP contribution in [-0.2, 0) is 40.2 Å². The third kappa shape index (κ3) is 8.92. The number of aromatic nitrogens is 5. The molecule has 4 aromatic heterocycles. The van der Waals surface area contributed by atoms with E-state index in [2.05, 4.69) is 23.4 Å². The molecule has 294 valence electrons. The van der Waals surface area contributed by atoms with E-state index >= 15 is 0 Å². The molecule has 4 aromatic carbocycles. The van der Waals surface area contributed by atoms with Crippen LogP contribution in [0.15, 0.2) is 109 Å². The number of benzene rings is 4. The smallest absolute Gasteiger partial charge is 0.269 e. The number of pyridine rings is 2. The molecule has 0 N–H and O–H groups in total. The van der Waals surface area contributed by atoms with Gasteiger partial charge < -0.3 is 9.30 Å². The van der Waals surface area contributed by atoms with E-state index in [1.165, 1.54) is 0 Å². The Balaban J connectivity index is 0.00000595. The molecule has 0 saturated heterocycles. The van der Waals surface area contributed by atoms with Crippen molar-refractivity contribution < 1.29 is 38.6 Å². The van der Waals surface area contributed by atoms with Gasteiger partial charge >= 0.3 is 0 Å². The minimum atomic E-state index is -1.79. The summed E-state index contributed by atoms with van der Waals surface area (Å²) in [5, 5.41) is 1.94. The number of imidazole rings is 1. The number of fused-ring (bicyclic) bond motifs is 4. The van der Waals surface area contributed by atoms with Gasteiger partial charge in [-0.2, -0.15) is 18.2 Å². The van der Waals surface area contributed by atoms with Crippen LogP contribution in [0.1, 0.15) is 87.2 Å². The first-order valence-corrected chi connectivity index (χ1v) is 19.0. The van der Waals surface area contributed by atoms with Crippen LogP contribution < -0.4 is 9.30 Å². The molecule has 0 aliphatic rings. The second-order valence-corrected chi connectivity index (χ2v) is 17.4. The fourth-order valence-corrected chi connectivity index (χ4v) is 7.03. The molecule has 0 amide bonds. The number of rotatable bonds is 8. The average molecular weight is 939 g/mol. The maximum absolute atomic E-state index is 9.20. The predicted octanol–water partition coefficient (Wildman–Crippen LogP) is 11.8. The Morgan fingerprint density at radius 2 is 1.25 bits per heavy atom. The van der Waals surface area contributed by atoms with Crippen molar-refractivity contribution in [3.63, 3.8) is 0 Å². The first-order chi connectivity index (χ1) is 28.9. The zero-order chi connectivity index (χ0) is 44.8. The molecular formula is C50H51N5OPt-2. The molecule has 0 radical (unpaired) electrons. The van der Waals surface area contributed by atoms with Crippen molar-refractivity contribution in [3.05, 3.63) is 145 Å². The van der Waals surface area contributed by atoms with Crippen LogP contribution in [0.5, 0.6) is 11.5 Å². The van der Waals surface area contributed by atoms with Gasteiger partial charge in [0.25, 0.3) is 6.33 Å². The Hall–Kier alpha value is -5.06. The van der Waals surface area contributed by atoms with E-state index in [0.717, 1.165) is 32.8 Å². The molecule has 0 atom stereocenters. The maximum Gasteiger partial charge on any atom is 0.269 e. The van der Waals surface area contributed by atoms with Crippen LogP contribution in [-0.4, -0.2) is 19.1 Å². The molecule has 0 spiro atoms. The summed E-state index contributed by atoms with van der Waals surface area (Å²) in [7, 11) is 0. The van der Waals surface area contributed by atoms with Gasteiger partial charge in [-0.05, 0) is 82.4 Å². The third-order valence-corrected chi connectivity index (χ3v) is 8.92. The van der Waals surface area contributed by atoms with Crippen LogP contribution in [0.2, 0.25) is 0 Å².